The molecule has 2 aromatic heterocycles. The number of amides is 1. The third-order valence-electron chi connectivity index (χ3n) is 3.49. The summed E-state index contributed by atoms with van der Waals surface area (Å²) in [5.41, 5.74) is 1.75. The van der Waals surface area contributed by atoms with E-state index < -0.39 is 5.91 Å². The molecule has 1 amide bonds. The molecular weight excluding hydrogens is 312 g/mol. The molecule has 0 saturated heterocycles. The fraction of sp³-hybridized carbons (Fsp3) is 0.188. The highest BCUT2D eigenvalue weighted by Crippen LogP contribution is 2.12. The summed E-state index contributed by atoms with van der Waals surface area (Å²) in [6.07, 6.45) is 2.95. The van der Waals surface area contributed by atoms with Crippen molar-refractivity contribution in [3.8, 4) is 0 Å². The molecule has 0 unspecified atom stereocenters. The summed E-state index contributed by atoms with van der Waals surface area (Å²) in [5.74, 6) is -0.417. The molecule has 118 valence electrons. The maximum absolute atomic E-state index is 12.2. The van der Waals surface area contributed by atoms with Gasteiger partial charge in [0.15, 0.2) is 4.96 Å². The van der Waals surface area contributed by atoms with Gasteiger partial charge in [-0.05, 0) is 17.7 Å². The summed E-state index contributed by atoms with van der Waals surface area (Å²) in [6.45, 7) is 0.359. The fourth-order valence-electron chi connectivity index (χ4n) is 2.17. The molecule has 23 heavy (non-hydrogen) atoms. The van der Waals surface area contributed by atoms with Crippen molar-refractivity contribution in [2.24, 2.45) is 0 Å². The summed E-state index contributed by atoms with van der Waals surface area (Å²) < 4.78 is 1.38. The molecule has 0 aliphatic rings. The van der Waals surface area contributed by atoms with Crippen molar-refractivity contribution < 1.29 is 4.79 Å². The Morgan fingerprint density at radius 2 is 2.04 bits per heavy atom. The molecular formula is C16H16N4O2S. The number of rotatable bonds is 4. The number of benzene rings is 1. The number of carbonyl (C=O) groups is 1. The van der Waals surface area contributed by atoms with Gasteiger partial charge in [0.25, 0.3) is 11.5 Å². The minimum absolute atomic E-state index is 0.0470. The van der Waals surface area contributed by atoms with Crippen LogP contribution in [-0.4, -0.2) is 29.4 Å². The molecule has 0 aliphatic carbocycles. The van der Waals surface area contributed by atoms with E-state index in [-0.39, 0.29) is 11.1 Å². The molecule has 6 nitrogen and oxygen atoms in total. The summed E-state index contributed by atoms with van der Waals surface area (Å²) >= 11 is 1.35. The molecule has 0 bridgehead atoms. The van der Waals surface area contributed by atoms with Gasteiger partial charge in [-0.3, -0.25) is 14.0 Å². The summed E-state index contributed by atoms with van der Waals surface area (Å²) in [5, 5.41) is 4.52. The summed E-state index contributed by atoms with van der Waals surface area (Å²) in [4.78, 5) is 31.1. The van der Waals surface area contributed by atoms with E-state index in [1.807, 2.05) is 43.3 Å². The van der Waals surface area contributed by atoms with E-state index in [0.29, 0.717) is 11.5 Å². The Labute approximate surface area is 137 Å². The molecule has 0 spiro atoms. The van der Waals surface area contributed by atoms with E-state index in [9.17, 15) is 9.59 Å². The van der Waals surface area contributed by atoms with Gasteiger partial charge in [0.1, 0.15) is 5.56 Å². The second kappa shape index (κ2) is 6.21. The smallest absolute Gasteiger partial charge is 0.271 e. The molecule has 2 heterocycles. The van der Waals surface area contributed by atoms with Gasteiger partial charge in [-0.25, -0.2) is 4.98 Å². The first kappa shape index (κ1) is 15.2. The van der Waals surface area contributed by atoms with Gasteiger partial charge in [0, 0.05) is 44.1 Å². The van der Waals surface area contributed by atoms with Crippen LogP contribution in [0.1, 0.15) is 15.9 Å². The van der Waals surface area contributed by atoms with Gasteiger partial charge in [0.05, 0.1) is 0 Å². The zero-order valence-electron chi connectivity index (χ0n) is 12.8. The molecule has 0 radical (unpaired) electrons. The number of anilines is 1. The third kappa shape index (κ3) is 3.09. The Bertz CT molecular complexity index is 896. The summed E-state index contributed by atoms with van der Waals surface area (Å²) in [7, 11) is 3.94. The first-order valence-electron chi connectivity index (χ1n) is 7.05. The molecule has 3 aromatic rings. The van der Waals surface area contributed by atoms with Crippen molar-refractivity contribution in [2.45, 2.75) is 6.54 Å². The second-order valence-corrected chi connectivity index (χ2v) is 6.15. The van der Waals surface area contributed by atoms with E-state index in [4.69, 9.17) is 0 Å². The van der Waals surface area contributed by atoms with Crippen molar-refractivity contribution in [3.63, 3.8) is 0 Å². The Kier molecular flexibility index (Phi) is 4.12. The van der Waals surface area contributed by atoms with Crippen molar-refractivity contribution in [2.75, 3.05) is 19.0 Å². The predicted octanol–water partition coefficient (Wildman–Crippen LogP) is 1.75. The number of carbonyl (C=O) groups excluding carboxylic acids is 1. The highest BCUT2D eigenvalue weighted by atomic mass is 32.1. The van der Waals surface area contributed by atoms with Crippen molar-refractivity contribution in [1.29, 1.82) is 0 Å². The SMILES string of the molecule is CN(C)c1ccc(CNC(=O)c2cnc3sccn3c2=O)cc1. The standard InChI is InChI=1S/C16H16N4O2S/c1-19(2)12-5-3-11(4-6-12)9-17-14(21)13-10-18-16-20(15(13)22)7-8-23-16/h3-8,10H,9H2,1-2H3,(H,17,21). The Morgan fingerprint density at radius 3 is 2.74 bits per heavy atom. The fourth-order valence-corrected chi connectivity index (χ4v) is 2.85. The Balaban J connectivity index is 1.73. The largest absolute Gasteiger partial charge is 0.378 e. The van der Waals surface area contributed by atoms with E-state index in [0.717, 1.165) is 11.3 Å². The maximum Gasteiger partial charge on any atom is 0.271 e. The lowest BCUT2D eigenvalue weighted by molar-refractivity contribution is 0.0949. The lowest BCUT2D eigenvalue weighted by atomic mass is 10.2. The minimum atomic E-state index is -0.417. The van der Waals surface area contributed by atoms with Crippen LogP contribution in [0.5, 0.6) is 0 Å². The van der Waals surface area contributed by atoms with Crippen LogP contribution in [0.15, 0.2) is 46.8 Å². The van der Waals surface area contributed by atoms with Gasteiger partial charge >= 0.3 is 0 Å². The second-order valence-electron chi connectivity index (χ2n) is 5.28. The van der Waals surface area contributed by atoms with Crippen molar-refractivity contribution in [3.05, 3.63) is 63.5 Å². The van der Waals surface area contributed by atoms with Crippen LogP contribution in [0.2, 0.25) is 0 Å². The van der Waals surface area contributed by atoms with Gasteiger partial charge in [-0.1, -0.05) is 12.1 Å². The topological polar surface area (TPSA) is 66.7 Å². The van der Waals surface area contributed by atoms with Gasteiger partial charge in [0.2, 0.25) is 0 Å². The molecule has 0 fully saturated rings. The van der Waals surface area contributed by atoms with E-state index in [1.165, 1.54) is 21.9 Å². The molecule has 0 saturated carbocycles. The number of thiazole rings is 1. The predicted molar refractivity (Wildman–Crippen MR) is 91.3 cm³/mol. The normalized spacial score (nSPS) is 10.7. The lowest BCUT2D eigenvalue weighted by Gasteiger charge is -2.12. The zero-order chi connectivity index (χ0) is 16.4. The first-order chi connectivity index (χ1) is 11.1. The molecule has 0 aliphatic heterocycles. The van der Waals surface area contributed by atoms with Crippen LogP contribution < -0.4 is 15.8 Å². The van der Waals surface area contributed by atoms with E-state index >= 15 is 0 Å². The monoisotopic (exact) mass is 328 g/mol. The Morgan fingerprint density at radius 1 is 1.30 bits per heavy atom. The van der Waals surface area contributed by atoms with Crippen LogP contribution in [0.25, 0.3) is 4.96 Å². The average molecular weight is 328 g/mol. The Hall–Kier alpha value is -2.67. The highest BCUT2D eigenvalue weighted by Gasteiger charge is 2.13. The third-order valence-corrected chi connectivity index (χ3v) is 4.26. The molecule has 1 aromatic carbocycles. The highest BCUT2D eigenvalue weighted by molar-refractivity contribution is 7.15. The lowest BCUT2D eigenvalue weighted by Crippen LogP contribution is -2.30. The first-order valence-corrected chi connectivity index (χ1v) is 7.93. The minimum Gasteiger partial charge on any atom is -0.378 e. The van der Waals surface area contributed by atoms with Gasteiger partial charge < -0.3 is 10.2 Å². The molecule has 7 heteroatoms. The van der Waals surface area contributed by atoms with Crippen LogP contribution in [-0.2, 0) is 6.54 Å². The number of aromatic nitrogens is 2. The average Bonchev–Trinajstić information content (AvgIpc) is 3.03. The summed E-state index contributed by atoms with van der Waals surface area (Å²) in [6, 6.07) is 7.86. The van der Waals surface area contributed by atoms with Crippen LogP contribution in [0.4, 0.5) is 5.69 Å². The number of fused-ring (bicyclic) bond motifs is 1. The quantitative estimate of drug-likeness (QED) is 0.792. The number of hydrogen-bond donors (Lipinski definition) is 1. The number of nitrogens with one attached hydrogen (secondary N) is 1. The van der Waals surface area contributed by atoms with Gasteiger partial charge in [-0.2, -0.15) is 0 Å². The van der Waals surface area contributed by atoms with E-state index in [1.54, 1.807) is 11.6 Å². The van der Waals surface area contributed by atoms with Crippen LogP contribution in [0, 0.1) is 0 Å². The van der Waals surface area contributed by atoms with Crippen molar-refractivity contribution >= 4 is 27.9 Å². The number of hydrogen-bond acceptors (Lipinski definition) is 5. The maximum atomic E-state index is 12.2. The number of nitrogens with zero attached hydrogens (tertiary/aromatic N) is 3. The molecule has 3 rings (SSSR count). The van der Waals surface area contributed by atoms with Crippen LogP contribution >= 0.6 is 11.3 Å². The van der Waals surface area contributed by atoms with Crippen molar-refractivity contribution in [1.82, 2.24) is 14.7 Å². The van der Waals surface area contributed by atoms with Crippen LogP contribution in [0.3, 0.4) is 0 Å². The molecule has 0 atom stereocenters. The molecule has 1 N–H and O–H groups in total. The van der Waals surface area contributed by atoms with E-state index in [2.05, 4.69) is 10.3 Å². The zero-order valence-corrected chi connectivity index (χ0v) is 13.6. The van der Waals surface area contributed by atoms with Gasteiger partial charge in [-0.15, -0.1) is 11.3 Å².